The Hall–Kier alpha value is -2.01. The van der Waals surface area contributed by atoms with Crippen molar-refractivity contribution in [3.63, 3.8) is 0 Å². The van der Waals surface area contributed by atoms with Crippen LogP contribution < -0.4 is 11.5 Å². The molecule has 4 N–H and O–H groups in total. The predicted octanol–water partition coefficient (Wildman–Crippen LogP) is 2.97. The third-order valence-corrected chi connectivity index (χ3v) is 3.39. The Bertz CT molecular complexity index is 614. The number of hydrogen-bond acceptors (Lipinski definition) is 4. The number of anilines is 2. The highest BCUT2D eigenvalue weighted by atomic mass is 79.9. The molecule has 4 nitrogen and oxygen atoms in total. The topological polar surface area (TPSA) is 78.3 Å². The summed E-state index contributed by atoms with van der Waals surface area (Å²) >= 11 is 3.39. The largest absolute Gasteiger partial charge is 0.457 e. The van der Waals surface area contributed by atoms with Gasteiger partial charge >= 0.3 is 5.97 Å². The standard InChI is InChI=1S/C14H13BrN2O2/c15-12-4-2-1-3-9(12)8-19-14(18)11-6-5-10(16)7-13(11)17/h1-7H,8,16-17H2. The maximum Gasteiger partial charge on any atom is 0.340 e. The van der Waals surface area contributed by atoms with E-state index in [0.29, 0.717) is 16.9 Å². The Labute approximate surface area is 119 Å². The highest BCUT2D eigenvalue weighted by molar-refractivity contribution is 9.10. The molecule has 0 amide bonds. The van der Waals surface area contributed by atoms with Crippen molar-refractivity contribution >= 4 is 33.3 Å². The zero-order chi connectivity index (χ0) is 13.8. The molecule has 0 aromatic heterocycles. The third-order valence-electron chi connectivity index (χ3n) is 2.61. The highest BCUT2D eigenvalue weighted by Gasteiger charge is 2.12. The molecule has 0 heterocycles. The molecule has 2 aromatic carbocycles. The lowest BCUT2D eigenvalue weighted by Gasteiger charge is -2.08. The van der Waals surface area contributed by atoms with Gasteiger partial charge in [0.05, 0.1) is 5.56 Å². The number of benzene rings is 2. The molecule has 0 saturated heterocycles. The summed E-state index contributed by atoms with van der Waals surface area (Å²) in [6.45, 7) is 0.185. The smallest absolute Gasteiger partial charge is 0.340 e. The molecule has 0 aliphatic heterocycles. The van der Waals surface area contributed by atoms with Crippen LogP contribution in [0.3, 0.4) is 0 Å². The minimum absolute atomic E-state index is 0.185. The lowest BCUT2D eigenvalue weighted by molar-refractivity contribution is 0.0473. The van der Waals surface area contributed by atoms with E-state index in [9.17, 15) is 4.79 Å². The van der Waals surface area contributed by atoms with Crippen molar-refractivity contribution in [2.24, 2.45) is 0 Å². The number of nitrogens with two attached hydrogens (primary N) is 2. The van der Waals surface area contributed by atoms with Gasteiger partial charge in [0.1, 0.15) is 6.61 Å². The molecule has 19 heavy (non-hydrogen) atoms. The second kappa shape index (κ2) is 5.75. The van der Waals surface area contributed by atoms with Crippen LogP contribution in [-0.4, -0.2) is 5.97 Å². The molecule has 2 rings (SSSR count). The van der Waals surface area contributed by atoms with Crippen LogP contribution in [0.5, 0.6) is 0 Å². The average Bonchev–Trinajstić information content (AvgIpc) is 2.37. The molecule has 0 radical (unpaired) electrons. The first-order chi connectivity index (χ1) is 9.08. The lowest BCUT2D eigenvalue weighted by Crippen LogP contribution is -2.08. The fraction of sp³-hybridized carbons (Fsp3) is 0.0714. The summed E-state index contributed by atoms with van der Waals surface area (Å²) in [6, 6.07) is 12.3. The van der Waals surface area contributed by atoms with E-state index >= 15 is 0 Å². The number of nitrogen functional groups attached to an aromatic ring is 2. The van der Waals surface area contributed by atoms with Gasteiger partial charge in [0.25, 0.3) is 0 Å². The molecule has 0 unspecified atom stereocenters. The molecule has 5 heteroatoms. The van der Waals surface area contributed by atoms with Gasteiger partial charge in [-0.15, -0.1) is 0 Å². The predicted molar refractivity (Wildman–Crippen MR) is 78.5 cm³/mol. The van der Waals surface area contributed by atoms with Crippen LogP contribution in [0.2, 0.25) is 0 Å². The van der Waals surface area contributed by atoms with E-state index in [-0.39, 0.29) is 6.61 Å². The molecular weight excluding hydrogens is 308 g/mol. The van der Waals surface area contributed by atoms with Crippen LogP contribution in [0.1, 0.15) is 15.9 Å². The van der Waals surface area contributed by atoms with Crippen LogP contribution in [0, 0.1) is 0 Å². The van der Waals surface area contributed by atoms with E-state index in [0.717, 1.165) is 10.0 Å². The summed E-state index contributed by atoms with van der Waals surface area (Å²) < 4.78 is 6.12. The van der Waals surface area contributed by atoms with Crippen molar-refractivity contribution < 1.29 is 9.53 Å². The van der Waals surface area contributed by atoms with Crippen LogP contribution in [0.25, 0.3) is 0 Å². The summed E-state index contributed by atoms with van der Waals surface area (Å²) in [7, 11) is 0. The van der Waals surface area contributed by atoms with Crippen molar-refractivity contribution in [3.8, 4) is 0 Å². The molecule has 0 atom stereocenters. The van der Waals surface area contributed by atoms with Crippen molar-refractivity contribution in [2.45, 2.75) is 6.61 Å². The van der Waals surface area contributed by atoms with Gasteiger partial charge in [0, 0.05) is 21.4 Å². The van der Waals surface area contributed by atoms with Crippen molar-refractivity contribution in [3.05, 3.63) is 58.1 Å². The van der Waals surface area contributed by atoms with Gasteiger partial charge in [-0.3, -0.25) is 0 Å². The minimum atomic E-state index is -0.465. The van der Waals surface area contributed by atoms with Gasteiger partial charge in [-0.05, 0) is 24.3 Å². The van der Waals surface area contributed by atoms with Gasteiger partial charge in [-0.25, -0.2) is 4.79 Å². The number of halogens is 1. The van der Waals surface area contributed by atoms with Crippen molar-refractivity contribution in [2.75, 3.05) is 11.5 Å². The normalized spacial score (nSPS) is 10.2. The van der Waals surface area contributed by atoms with Gasteiger partial charge in [-0.1, -0.05) is 34.1 Å². The second-order valence-electron chi connectivity index (χ2n) is 4.01. The summed E-state index contributed by atoms with van der Waals surface area (Å²) in [5.74, 6) is -0.465. The van der Waals surface area contributed by atoms with E-state index in [2.05, 4.69) is 15.9 Å². The number of carbonyl (C=O) groups excluding carboxylic acids is 1. The average molecular weight is 321 g/mol. The Morgan fingerprint density at radius 1 is 1.16 bits per heavy atom. The van der Waals surface area contributed by atoms with Gasteiger partial charge in [-0.2, -0.15) is 0 Å². The molecule has 0 fully saturated rings. The van der Waals surface area contributed by atoms with Gasteiger partial charge in [0.2, 0.25) is 0 Å². The number of rotatable bonds is 3. The fourth-order valence-electron chi connectivity index (χ4n) is 1.60. The number of esters is 1. The molecule has 0 aliphatic carbocycles. The maximum atomic E-state index is 11.9. The fourth-order valence-corrected chi connectivity index (χ4v) is 2.00. The molecule has 0 aliphatic rings. The monoisotopic (exact) mass is 320 g/mol. The van der Waals surface area contributed by atoms with E-state index < -0.39 is 5.97 Å². The summed E-state index contributed by atoms with van der Waals surface area (Å²) in [5, 5.41) is 0. The zero-order valence-corrected chi connectivity index (χ0v) is 11.7. The molecule has 98 valence electrons. The second-order valence-corrected chi connectivity index (χ2v) is 4.87. The first kappa shape index (κ1) is 13.4. The molecule has 2 aromatic rings. The van der Waals surface area contributed by atoms with Crippen LogP contribution in [0.4, 0.5) is 11.4 Å². The highest BCUT2D eigenvalue weighted by Crippen LogP contribution is 2.20. The third kappa shape index (κ3) is 3.26. The van der Waals surface area contributed by atoms with Crippen molar-refractivity contribution in [1.29, 1.82) is 0 Å². The quantitative estimate of drug-likeness (QED) is 0.673. The SMILES string of the molecule is Nc1ccc(C(=O)OCc2ccccc2Br)c(N)c1. The number of ether oxygens (including phenoxy) is 1. The van der Waals surface area contributed by atoms with Crippen LogP contribution >= 0.6 is 15.9 Å². The van der Waals surface area contributed by atoms with Crippen LogP contribution in [-0.2, 0) is 11.3 Å². The Kier molecular flexibility index (Phi) is 4.06. The first-order valence-corrected chi connectivity index (χ1v) is 6.43. The Balaban J connectivity index is 2.08. The summed E-state index contributed by atoms with van der Waals surface area (Å²) in [6.07, 6.45) is 0. The number of hydrogen-bond donors (Lipinski definition) is 2. The molecule has 0 spiro atoms. The molecule has 0 saturated carbocycles. The zero-order valence-electron chi connectivity index (χ0n) is 10.1. The van der Waals surface area contributed by atoms with E-state index in [1.54, 1.807) is 12.1 Å². The molecular formula is C14H13BrN2O2. The van der Waals surface area contributed by atoms with Gasteiger partial charge in [0.15, 0.2) is 0 Å². The first-order valence-electron chi connectivity index (χ1n) is 5.63. The van der Waals surface area contributed by atoms with E-state index in [1.165, 1.54) is 6.07 Å². The van der Waals surface area contributed by atoms with Gasteiger partial charge < -0.3 is 16.2 Å². The Morgan fingerprint density at radius 2 is 1.89 bits per heavy atom. The van der Waals surface area contributed by atoms with E-state index in [4.69, 9.17) is 16.2 Å². The van der Waals surface area contributed by atoms with Crippen molar-refractivity contribution in [1.82, 2.24) is 0 Å². The summed E-state index contributed by atoms with van der Waals surface area (Å²) in [4.78, 5) is 11.9. The van der Waals surface area contributed by atoms with Crippen LogP contribution in [0.15, 0.2) is 46.9 Å². The van der Waals surface area contributed by atoms with E-state index in [1.807, 2.05) is 24.3 Å². The Morgan fingerprint density at radius 3 is 2.58 bits per heavy atom. The minimum Gasteiger partial charge on any atom is -0.457 e. The molecule has 0 bridgehead atoms. The summed E-state index contributed by atoms with van der Waals surface area (Å²) in [5.41, 5.74) is 13.3. The number of carbonyl (C=O) groups is 1. The maximum absolute atomic E-state index is 11.9. The lowest BCUT2D eigenvalue weighted by atomic mass is 10.1.